The van der Waals surface area contributed by atoms with Gasteiger partial charge in [-0.1, -0.05) is 41.6 Å². The van der Waals surface area contributed by atoms with Gasteiger partial charge < -0.3 is 4.74 Å². The lowest BCUT2D eigenvalue weighted by molar-refractivity contribution is -0.479. The lowest BCUT2D eigenvalue weighted by atomic mass is 10.1. The van der Waals surface area contributed by atoms with Crippen LogP contribution in [0.15, 0.2) is 53.7 Å². The van der Waals surface area contributed by atoms with Crippen LogP contribution >= 0.6 is 23.4 Å². The molecule has 0 saturated carbocycles. The molecular formula is C18H17ClN4O3S. The molecule has 3 aromatic rings. The van der Waals surface area contributed by atoms with Gasteiger partial charge in [0, 0.05) is 21.2 Å². The predicted molar refractivity (Wildman–Crippen MR) is 105 cm³/mol. The van der Waals surface area contributed by atoms with Crippen LogP contribution in [0.3, 0.4) is 0 Å². The van der Waals surface area contributed by atoms with Crippen LogP contribution in [0.4, 0.5) is 0 Å². The summed E-state index contributed by atoms with van der Waals surface area (Å²) in [6.45, 7) is 1.56. The van der Waals surface area contributed by atoms with Gasteiger partial charge in [-0.15, -0.1) is 10.2 Å². The summed E-state index contributed by atoms with van der Waals surface area (Å²) in [6, 6.07) is 14.5. The maximum Gasteiger partial charge on any atom is 0.220 e. The van der Waals surface area contributed by atoms with Crippen molar-refractivity contribution in [1.82, 2.24) is 14.8 Å². The van der Waals surface area contributed by atoms with Crippen LogP contribution < -0.4 is 4.74 Å². The number of nitro groups is 1. The minimum atomic E-state index is -0.481. The average molecular weight is 405 g/mol. The highest BCUT2D eigenvalue weighted by atomic mass is 35.5. The zero-order valence-electron chi connectivity index (χ0n) is 14.7. The Morgan fingerprint density at radius 2 is 1.93 bits per heavy atom. The second-order valence-corrected chi connectivity index (χ2v) is 7.31. The van der Waals surface area contributed by atoms with Gasteiger partial charge in [0.25, 0.3) is 0 Å². The van der Waals surface area contributed by atoms with Crippen molar-refractivity contribution in [1.29, 1.82) is 0 Å². The zero-order chi connectivity index (χ0) is 19.4. The highest BCUT2D eigenvalue weighted by molar-refractivity contribution is 7.99. The highest BCUT2D eigenvalue weighted by Gasteiger charge is 2.26. The van der Waals surface area contributed by atoms with Crippen molar-refractivity contribution in [2.24, 2.45) is 0 Å². The monoisotopic (exact) mass is 404 g/mol. The number of nitrogens with zero attached hydrogens (tertiary/aromatic N) is 4. The number of aryl methyl sites for hydroxylation is 1. The lowest BCUT2D eigenvalue weighted by Gasteiger charge is -2.16. The number of hydrogen-bond donors (Lipinski definition) is 0. The van der Waals surface area contributed by atoms with E-state index in [0.29, 0.717) is 21.8 Å². The fourth-order valence-electron chi connectivity index (χ4n) is 2.70. The number of para-hydroxylation sites is 1. The summed E-state index contributed by atoms with van der Waals surface area (Å²) >= 11 is 7.25. The molecule has 2 aromatic carbocycles. The Kier molecular flexibility index (Phi) is 5.98. The molecule has 0 saturated heterocycles. The first-order valence-electron chi connectivity index (χ1n) is 8.09. The van der Waals surface area contributed by atoms with Crippen molar-refractivity contribution in [2.75, 3.05) is 13.7 Å². The van der Waals surface area contributed by atoms with E-state index in [9.17, 15) is 10.1 Å². The van der Waals surface area contributed by atoms with Gasteiger partial charge in [-0.25, -0.2) is 0 Å². The molecule has 9 heteroatoms. The Balaban J connectivity index is 2.00. The van der Waals surface area contributed by atoms with Crippen molar-refractivity contribution in [3.8, 4) is 11.4 Å². The lowest BCUT2D eigenvalue weighted by Crippen LogP contribution is -2.12. The van der Waals surface area contributed by atoms with Crippen LogP contribution in [0.2, 0.25) is 5.02 Å². The van der Waals surface area contributed by atoms with Crippen LogP contribution in [0.25, 0.3) is 5.69 Å². The summed E-state index contributed by atoms with van der Waals surface area (Å²) in [5.41, 5.74) is 1.58. The fraction of sp³-hybridized carbons (Fsp3) is 0.222. The number of methoxy groups -OCH3 is 1. The van der Waals surface area contributed by atoms with Gasteiger partial charge in [0.1, 0.15) is 16.8 Å². The van der Waals surface area contributed by atoms with Gasteiger partial charge >= 0.3 is 0 Å². The molecule has 0 aliphatic rings. The minimum absolute atomic E-state index is 0.266. The van der Waals surface area contributed by atoms with Crippen LogP contribution in [-0.4, -0.2) is 33.3 Å². The summed E-state index contributed by atoms with van der Waals surface area (Å²) < 4.78 is 7.24. The predicted octanol–water partition coefficient (Wildman–Crippen LogP) is 4.35. The standard InChI is InChI=1S/C18H17ClN4O3S/c1-12-20-21-18(23(12)14-9-7-13(19)8-10-14)27-17(11-22(24)25)15-5-3-4-6-16(15)26-2/h3-10,17H,11H2,1-2H3/t17-/m1/s1. The van der Waals surface area contributed by atoms with E-state index in [-0.39, 0.29) is 11.5 Å². The van der Waals surface area contributed by atoms with Gasteiger partial charge in [-0.2, -0.15) is 0 Å². The highest BCUT2D eigenvalue weighted by Crippen LogP contribution is 2.39. The van der Waals surface area contributed by atoms with E-state index in [1.807, 2.05) is 41.8 Å². The van der Waals surface area contributed by atoms with Crippen LogP contribution in [-0.2, 0) is 0 Å². The second kappa shape index (κ2) is 8.41. The summed E-state index contributed by atoms with van der Waals surface area (Å²) in [7, 11) is 1.55. The molecule has 7 nitrogen and oxygen atoms in total. The number of halogens is 1. The quantitative estimate of drug-likeness (QED) is 0.331. The van der Waals surface area contributed by atoms with E-state index in [0.717, 1.165) is 11.3 Å². The first kappa shape index (κ1) is 19.2. The maximum atomic E-state index is 11.3. The normalized spacial score (nSPS) is 12.0. The van der Waals surface area contributed by atoms with E-state index in [4.69, 9.17) is 16.3 Å². The Morgan fingerprint density at radius 3 is 2.59 bits per heavy atom. The van der Waals surface area contributed by atoms with Crippen LogP contribution in [0, 0.1) is 17.0 Å². The Bertz CT molecular complexity index is 946. The van der Waals surface area contributed by atoms with E-state index in [1.165, 1.54) is 11.8 Å². The molecule has 0 fully saturated rings. The molecule has 140 valence electrons. The molecule has 3 rings (SSSR count). The number of rotatable bonds is 7. The molecule has 0 radical (unpaired) electrons. The van der Waals surface area contributed by atoms with Crippen molar-refractivity contribution in [3.05, 3.63) is 75.1 Å². The third kappa shape index (κ3) is 4.40. The molecule has 0 bridgehead atoms. The molecule has 0 spiro atoms. The Labute approximate surface area is 165 Å². The molecule has 1 atom stereocenters. The number of benzene rings is 2. The van der Waals surface area contributed by atoms with E-state index in [2.05, 4.69) is 10.2 Å². The summed E-state index contributed by atoms with van der Waals surface area (Å²) in [5, 5.41) is 20.3. The number of aromatic nitrogens is 3. The molecule has 0 aliphatic heterocycles. The average Bonchev–Trinajstić information content (AvgIpc) is 3.02. The molecule has 0 N–H and O–H groups in total. The largest absolute Gasteiger partial charge is 0.496 e. The van der Waals surface area contributed by atoms with Gasteiger partial charge in [0.2, 0.25) is 6.54 Å². The summed E-state index contributed by atoms with van der Waals surface area (Å²) in [6.07, 6.45) is 0. The number of ether oxygens (including phenoxy) is 1. The Hall–Kier alpha value is -2.58. The topological polar surface area (TPSA) is 83.1 Å². The minimum Gasteiger partial charge on any atom is -0.496 e. The Morgan fingerprint density at radius 1 is 1.22 bits per heavy atom. The van der Waals surface area contributed by atoms with Gasteiger partial charge in [-0.05, 0) is 37.3 Å². The number of thioether (sulfide) groups is 1. The first-order valence-corrected chi connectivity index (χ1v) is 9.34. The smallest absolute Gasteiger partial charge is 0.220 e. The second-order valence-electron chi connectivity index (χ2n) is 5.71. The fourth-order valence-corrected chi connectivity index (χ4v) is 4.03. The molecule has 1 heterocycles. The maximum absolute atomic E-state index is 11.3. The first-order chi connectivity index (χ1) is 13.0. The molecule has 0 unspecified atom stereocenters. The van der Waals surface area contributed by atoms with Gasteiger partial charge in [0.15, 0.2) is 5.16 Å². The van der Waals surface area contributed by atoms with Crippen LogP contribution in [0.1, 0.15) is 16.6 Å². The van der Waals surface area contributed by atoms with Crippen LogP contribution in [0.5, 0.6) is 5.75 Å². The van der Waals surface area contributed by atoms with Gasteiger partial charge in [0.05, 0.1) is 7.11 Å². The van der Waals surface area contributed by atoms with E-state index >= 15 is 0 Å². The zero-order valence-corrected chi connectivity index (χ0v) is 16.3. The third-order valence-corrected chi connectivity index (χ3v) is 5.34. The summed E-state index contributed by atoms with van der Waals surface area (Å²) in [4.78, 5) is 10.9. The van der Waals surface area contributed by atoms with Crippen molar-refractivity contribution < 1.29 is 9.66 Å². The van der Waals surface area contributed by atoms with E-state index < -0.39 is 5.25 Å². The molecule has 1 aromatic heterocycles. The molecule has 27 heavy (non-hydrogen) atoms. The summed E-state index contributed by atoms with van der Waals surface area (Å²) in [5.74, 6) is 1.28. The number of hydrogen-bond acceptors (Lipinski definition) is 6. The molecule has 0 aliphatic carbocycles. The van der Waals surface area contributed by atoms with Crippen molar-refractivity contribution >= 4 is 23.4 Å². The van der Waals surface area contributed by atoms with Crippen molar-refractivity contribution in [2.45, 2.75) is 17.3 Å². The molecule has 0 amide bonds. The van der Waals surface area contributed by atoms with E-state index in [1.54, 1.807) is 25.3 Å². The SMILES string of the molecule is COc1ccccc1[C@@H](C[N+](=O)[O-])Sc1nnc(C)n1-c1ccc(Cl)cc1. The van der Waals surface area contributed by atoms with Crippen molar-refractivity contribution in [3.63, 3.8) is 0 Å². The molecular weight excluding hydrogens is 388 g/mol. The van der Waals surface area contributed by atoms with Gasteiger partial charge in [-0.3, -0.25) is 14.7 Å². The third-order valence-electron chi connectivity index (χ3n) is 3.93.